The van der Waals surface area contributed by atoms with Crippen molar-refractivity contribution in [3.05, 3.63) is 10.1 Å². The monoisotopic (exact) mass is 205 g/mol. The SMILES string of the molecule is CCC(N)(C(=O)O)N(C(=N)N)[N+](=O)[O-]. The van der Waals surface area contributed by atoms with Crippen molar-refractivity contribution >= 4 is 11.9 Å². The van der Waals surface area contributed by atoms with E-state index in [1.54, 1.807) is 0 Å². The molecule has 1 atom stereocenters. The first-order valence-corrected chi connectivity index (χ1v) is 3.58. The minimum atomic E-state index is -2.30. The van der Waals surface area contributed by atoms with Crippen molar-refractivity contribution in [1.29, 1.82) is 5.41 Å². The van der Waals surface area contributed by atoms with Crippen LogP contribution in [0.4, 0.5) is 0 Å². The summed E-state index contributed by atoms with van der Waals surface area (Å²) in [4.78, 5) is 21.1. The van der Waals surface area contributed by atoms with Crippen molar-refractivity contribution < 1.29 is 14.9 Å². The molecule has 0 amide bonds. The number of rotatable bonds is 4. The highest BCUT2D eigenvalue weighted by molar-refractivity contribution is 5.84. The predicted octanol–water partition coefficient (Wildman–Crippen LogP) is -1.48. The minimum absolute atomic E-state index is 0.0880. The molecule has 0 bridgehead atoms. The molecule has 0 aliphatic rings. The molecule has 0 saturated carbocycles. The zero-order valence-corrected chi connectivity index (χ0v) is 7.43. The van der Waals surface area contributed by atoms with Gasteiger partial charge in [-0.2, -0.15) is 0 Å². The van der Waals surface area contributed by atoms with E-state index in [-0.39, 0.29) is 11.4 Å². The number of nitrogens with one attached hydrogen (secondary N) is 1. The highest BCUT2D eigenvalue weighted by Gasteiger charge is 2.48. The number of nitrogens with zero attached hydrogens (tertiary/aromatic N) is 2. The Bertz CT molecular complexity index is 265. The molecule has 1 unspecified atom stereocenters. The van der Waals surface area contributed by atoms with Gasteiger partial charge in [0, 0.05) is 0 Å². The van der Waals surface area contributed by atoms with Crippen molar-refractivity contribution in [2.75, 3.05) is 0 Å². The van der Waals surface area contributed by atoms with Gasteiger partial charge in [0.1, 0.15) is 0 Å². The molecule has 0 aliphatic carbocycles. The van der Waals surface area contributed by atoms with Crippen LogP contribution in [0.25, 0.3) is 0 Å². The number of nitrogens with two attached hydrogens (primary N) is 2. The molecule has 80 valence electrons. The average molecular weight is 205 g/mol. The Balaban J connectivity index is 5.25. The summed E-state index contributed by atoms with van der Waals surface area (Å²) in [6.45, 7) is 1.34. The third-order valence-electron chi connectivity index (χ3n) is 1.68. The Kier molecular flexibility index (Phi) is 3.35. The Hall–Kier alpha value is -1.90. The smallest absolute Gasteiger partial charge is 0.351 e. The zero-order valence-electron chi connectivity index (χ0n) is 7.43. The van der Waals surface area contributed by atoms with Gasteiger partial charge in [0.25, 0.3) is 11.6 Å². The second kappa shape index (κ2) is 3.87. The molecule has 0 spiro atoms. The molecular formula is C5H11N5O4. The van der Waals surface area contributed by atoms with Crippen LogP contribution < -0.4 is 11.5 Å². The lowest BCUT2D eigenvalue weighted by atomic mass is 10.1. The molecule has 0 aliphatic heterocycles. The summed E-state index contributed by atoms with van der Waals surface area (Å²) in [5, 5.41) is 24.7. The van der Waals surface area contributed by atoms with Gasteiger partial charge in [-0.05, 0) is 11.4 Å². The summed E-state index contributed by atoms with van der Waals surface area (Å²) in [7, 11) is 0. The summed E-state index contributed by atoms with van der Waals surface area (Å²) in [6.07, 6.45) is -0.261. The van der Waals surface area contributed by atoms with Crippen LogP contribution in [0.1, 0.15) is 13.3 Å². The van der Waals surface area contributed by atoms with Gasteiger partial charge < -0.3 is 10.8 Å². The topological polar surface area (TPSA) is 160 Å². The Morgan fingerprint density at radius 2 is 2.21 bits per heavy atom. The summed E-state index contributed by atoms with van der Waals surface area (Å²) in [6, 6.07) is 0. The molecule has 0 radical (unpaired) electrons. The van der Waals surface area contributed by atoms with E-state index in [4.69, 9.17) is 22.0 Å². The van der Waals surface area contributed by atoms with Crippen LogP contribution in [-0.4, -0.2) is 32.7 Å². The molecule has 9 heteroatoms. The van der Waals surface area contributed by atoms with E-state index >= 15 is 0 Å². The van der Waals surface area contributed by atoms with Crippen LogP contribution in [0.2, 0.25) is 0 Å². The molecule has 0 rings (SSSR count). The number of nitro groups is 1. The van der Waals surface area contributed by atoms with Gasteiger partial charge in [0.15, 0.2) is 5.03 Å². The van der Waals surface area contributed by atoms with Crippen LogP contribution in [0.15, 0.2) is 0 Å². The molecular weight excluding hydrogens is 194 g/mol. The molecule has 0 heterocycles. The maximum absolute atomic E-state index is 10.7. The number of hydrogen-bond acceptors (Lipinski definition) is 5. The molecule has 14 heavy (non-hydrogen) atoms. The van der Waals surface area contributed by atoms with Crippen molar-refractivity contribution in [3.63, 3.8) is 0 Å². The van der Waals surface area contributed by atoms with Gasteiger partial charge >= 0.3 is 5.97 Å². The van der Waals surface area contributed by atoms with E-state index in [0.717, 1.165) is 0 Å². The van der Waals surface area contributed by atoms with E-state index < -0.39 is 22.6 Å². The number of guanidine groups is 1. The fourth-order valence-electron chi connectivity index (χ4n) is 0.840. The van der Waals surface area contributed by atoms with Gasteiger partial charge in [0.05, 0.1) is 0 Å². The van der Waals surface area contributed by atoms with Gasteiger partial charge in [-0.3, -0.25) is 11.1 Å². The molecule has 0 fully saturated rings. The minimum Gasteiger partial charge on any atom is -0.478 e. The quantitative estimate of drug-likeness (QED) is 0.143. The van der Waals surface area contributed by atoms with Gasteiger partial charge in [-0.15, -0.1) is 0 Å². The summed E-state index contributed by atoms with van der Waals surface area (Å²) in [5.74, 6) is -2.64. The van der Waals surface area contributed by atoms with Crippen molar-refractivity contribution in [2.24, 2.45) is 11.5 Å². The standard InChI is InChI=1S/C5H11N5O4/c1-2-5(8,3(11)12)9(4(6)7)10(13)14/h2,8H2,1H3,(H3,6,7)(H,11,12). The number of hydrazine groups is 1. The van der Waals surface area contributed by atoms with Gasteiger partial charge in [0.2, 0.25) is 0 Å². The number of carbonyl (C=O) groups is 1. The highest BCUT2D eigenvalue weighted by atomic mass is 16.7. The first-order valence-electron chi connectivity index (χ1n) is 3.58. The number of carboxylic acid groups (broad SMARTS) is 1. The van der Waals surface area contributed by atoms with Crippen molar-refractivity contribution in [3.8, 4) is 0 Å². The van der Waals surface area contributed by atoms with E-state index in [1.807, 2.05) is 0 Å². The lowest BCUT2D eigenvalue weighted by Crippen LogP contribution is -2.66. The average Bonchev–Trinajstić information content (AvgIpc) is 2.02. The first kappa shape index (κ1) is 12.1. The van der Waals surface area contributed by atoms with Crippen molar-refractivity contribution in [2.45, 2.75) is 19.0 Å². The largest absolute Gasteiger partial charge is 0.478 e. The summed E-state index contributed by atoms with van der Waals surface area (Å²) >= 11 is 0. The third-order valence-corrected chi connectivity index (χ3v) is 1.68. The van der Waals surface area contributed by atoms with Gasteiger partial charge in [-0.1, -0.05) is 6.92 Å². The fraction of sp³-hybridized carbons (Fsp3) is 0.600. The van der Waals surface area contributed by atoms with Crippen LogP contribution in [0, 0.1) is 15.5 Å². The molecule has 9 nitrogen and oxygen atoms in total. The van der Waals surface area contributed by atoms with E-state index in [1.165, 1.54) is 6.92 Å². The zero-order chi connectivity index (χ0) is 11.5. The first-order chi connectivity index (χ1) is 6.27. The maximum Gasteiger partial charge on any atom is 0.351 e. The molecule has 0 aromatic heterocycles. The Morgan fingerprint density at radius 3 is 2.29 bits per heavy atom. The highest BCUT2D eigenvalue weighted by Crippen LogP contribution is 2.13. The normalized spacial score (nSPS) is 14.1. The van der Waals surface area contributed by atoms with Crippen LogP contribution >= 0.6 is 0 Å². The Labute approximate surface area is 78.9 Å². The van der Waals surface area contributed by atoms with Crippen LogP contribution in [0.5, 0.6) is 0 Å². The lowest BCUT2D eigenvalue weighted by Gasteiger charge is -2.27. The second-order valence-corrected chi connectivity index (χ2v) is 2.52. The molecule has 0 aromatic rings. The van der Waals surface area contributed by atoms with E-state index in [2.05, 4.69) is 0 Å². The van der Waals surface area contributed by atoms with E-state index in [9.17, 15) is 14.9 Å². The number of aliphatic carboxylic acids is 1. The van der Waals surface area contributed by atoms with Crippen molar-refractivity contribution in [1.82, 2.24) is 5.01 Å². The molecule has 6 N–H and O–H groups in total. The van der Waals surface area contributed by atoms with E-state index in [0.29, 0.717) is 0 Å². The number of carboxylic acids is 1. The molecule has 0 saturated heterocycles. The lowest BCUT2D eigenvalue weighted by molar-refractivity contribution is -0.645. The van der Waals surface area contributed by atoms with Crippen LogP contribution in [-0.2, 0) is 4.79 Å². The third kappa shape index (κ3) is 1.88. The van der Waals surface area contributed by atoms with Crippen LogP contribution in [0.3, 0.4) is 0 Å². The fourth-order valence-corrected chi connectivity index (χ4v) is 0.840. The Morgan fingerprint density at radius 1 is 1.79 bits per heavy atom. The molecule has 0 aromatic carbocycles. The number of hydrogen-bond donors (Lipinski definition) is 4. The summed E-state index contributed by atoms with van der Waals surface area (Å²) in [5.41, 5.74) is 7.82. The second-order valence-electron chi connectivity index (χ2n) is 2.52. The summed E-state index contributed by atoms with van der Waals surface area (Å²) < 4.78 is 0. The van der Waals surface area contributed by atoms with Gasteiger partial charge in [-0.25, -0.2) is 14.9 Å². The maximum atomic E-state index is 10.7. The predicted molar refractivity (Wildman–Crippen MR) is 45.6 cm³/mol.